The SMILES string of the molecule is Cn1nc(C2CCC(=O)NC2=O)c2cccc(N3CCN(C[C@@H]4CCN(C(=O)O)CC4(C)C)CC3)c21. The van der Waals surface area contributed by atoms with Crippen LogP contribution in [0, 0.1) is 11.3 Å². The van der Waals surface area contributed by atoms with Crippen LogP contribution in [0.2, 0.25) is 0 Å². The van der Waals surface area contributed by atoms with Gasteiger partial charge < -0.3 is 14.9 Å². The van der Waals surface area contributed by atoms with Crippen LogP contribution in [0.5, 0.6) is 0 Å². The van der Waals surface area contributed by atoms with E-state index in [2.05, 4.69) is 35.0 Å². The molecule has 1 aromatic heterocycles. The molecule has 0 aliphatic carbocycles. The highest BCUT2D eigenvalue weighted by Gasteiger charge is 2.39. The third-order valence-electron chi connectivity index (χ3n) is 8.35. The molecule has 4 heterocycles. The van der Waals surface area contributed by atoms with Gasteiger partial charge in [-0.3, -0.25) is 24.5 Å². The predicted molar refractivity (Wildman–Crippen MR) is 136 cm³/mol. The molecule has 3 aliphatic heterocycles. The number of benzene rings is 1. The van der Waals surface area contributed by atoms with E-state index in [0.29, 0.717) is 31.8 Å². The number of hydrogen-bond acceptors (Lipinski definition) is 6. The van der Waals surface area contributed by atoms with Gasteiger partial charge in [-0.05, 0) is 30.2 Å². The Balaban J connectivity index is 1.28. The molecule has 3 amide bonds. The number of anilines is 1. The van der Waals surface area contributed by atoms with Crippen molar-refractivity contribution < 1.29 is 19.5 Å². The number of carboxylic acid groups (broad SMARTS) is 1. The molecule has 3 fully saturated rings. The van der Waals surface area contributed by atoms with Gasteiger partial charge in [0.25, 0.3) is 0 Å². The fourth-order valence-corrected chi connectivity index (χ4v) is 6.20. The van der Waals surface area contributed by atoms with Crippen LogP contribution in [0.3, 0.4) is 0 Å². The van der Waals surface area contributed by atoms with Crippen molar-refractivity contribution in [2.75, 3.05) is 50.7 Å². The van der Waals surface area contributed by atoms with Gasteiger partial charge in [0.05, 0.1) is 22.8 Å². The van der Waals surface area contributed by atoms with Crippen LogP contribution in [-0.4, -0.2) is 88.4 Å². The summed E-state index contributed by atoms with van der Waals surface area (Å²) < 4.78 is 1.87. The number of para-hydroxylation sites is 1. The summed E-state index contributed by atoms with van der Waals surface area (Å²) in [6.45, 7) is 10.3. The van der Waals surface area contributed by atoms with Crippen LogP contribution in [0.15, 0.2) is 18.2 Å². The Morgan fingerprint density at radius 1 is 1.14 bits per heavy atom. The zero-order valence-electron chi connectivity index (χ0n) is 21.4. The molecule has 0 bridgehead atoms. The molecule has 2 aromatic rings. The maximum absolute atomic E-state index is 12.5. The first-order valence-corrected chi connectivity index (χ1v) is 12.9. The highest BCUT2D eigenvalue weighted by Crippen LogP contribution is 2.37. The summed E-state index contributed by atoms with van der Waals surface area (Å²) in [6.07, 6.45) is 0.904. The van der Waals surface area contributed by atoms with Crippen molar-refractivity contribution in [3.8, 4) is 0 Å². The van der Waals surface area contributed by atoms with Crippen LogP contribution in [0.4, 0.5) is 10.5 Å². The molecule has 5 rings (SSSR count). The van der Waals surface area contributed by atoms with E-state index in [0.717, 1.165) is 61.4 Å². The fourth-order valence-electron chi connectivity index (χ4n) is 6.20. The number of aryl methyl sites for hydroxylation is 1. The Hall–Kier alpha value is -3.14. The molecule has 36 heavy (non-hydrogen) atoms. The Morgan fingerprint density at radius 2 is 1.89 bits per heavy atom. The molecule has 1 unspecified atom stereocenters. The number of aromatic nitrogens is 2. The van der Waals surface area contributed by atoms with Crippen LogP contribution >= 0.6 is 0 Å². The fraction of sp³-hybridized carbons (Fsp3) is 0.615. The van der Waals surface area contributed by atoms with Crippen molar-refractivity contribution in [3.05, 3.63) is 23.9 Å². The Bertz CT molecular complexity index is 1180. The standard InChI is InChI=1S/C26H36N6O4/c1-26(2)16-32(25(35)36)10-9-17(26)15-30-11-13-31(14-12-30)20-6-4-5-18-22(28-29(3)23(18)20)19-7-8-21(33)27-24(19)34/h4-6,17,19H,7-16H2,1-3H3,(H,35,36)(H,27,33,34)/t17-,19?/m0/s1. The average Bonchev–Trinajstić information content (AvgIpc) is 3.17. The van der Waals surface area contributed by atoms with Gasteiger partial charge in [0.15, 0.2) is 0 Å². The second-order valence-corrected chi connectivity index (χ2v) is 11.2. The number of carbonyl (C=O) groups excluding carboxylic acids is 2. The molecule has 3 aliphatic rings. The lowest BCUT2D eigenvalue weighted by Gasteiger charge is -2.46. The van der Waals surface area contributed by atoms with Crippen molar-refractivity contribution in [1.29, 1.82) is 0 Å². The summed E-state index contributed by atoms with van der Waals surface area (Å²) in [6, 6.07) is 6.17. The number of carbonyl (C=O) groups is 3. The van der Waals surface area contributed by atoms with E-state index in [9.17, 15) is 19.5 Å². The summed E-state index contributed by atoms with van der Waals surface area (Å²) in [5, 5.41) is 17.5. The number of nitrogens with zero attached hydrogens (tertiary/aromatic N) is 5. The highest BCUT2D eigenvalue weighted by atomic mass is 16.4. The van der Waals surface area contributed by atoms with Gasteiger partial charge in [-0.25, -0.2) is 4.79 Å². The minimum Gasteiger partial charge on any atom is -0.465 e. The lowest BCUT2D eigenvalue weighted by molar-refractivity contribution is -0.134. The number of likely N-dealkylation sites (tertiary alicyclic amines) is 1. The van der Waals surface area contributed by atoms with Gasteiger partial charge in [-0.1, -0.05) is 26.0 Å². The maximum Gasteiger partial charge on any atom is 0.407 e. The van der Waals surface area contributed by atoms with E-state index in [-0.39, 0.29) is 17.2 Å². The molecule has 10 heteroatoms. The smallest absolute Gasteiger partial charge is 0.407 e. The number of piperidine rings is 2. The van der Waals surface area contributed by atoms with Crippen molar-refractivity contribution in [3.63, 3.8) is 0 Å². The summed E-state index contributed by atoms with van der Waals surface area (Å²) in [7, 11) is 1.92. The number of hydrogen-bond donors (Lipinski definition) is 2. The summed E-state index contributed by atoms with van der Waals surface area (Å²) in [4.78, 5) is 42.0. The Morgan fingerprint density at radius 3 is 2.56 bits per heavy atom. The molecule has 2 atom stereocenters. The molecule has 0 radical (unpaired) electrons. The molecular weight excluding hydrogens is 460 g/mol. The minimum absolute atomic E-state index is 0.0412. The molecule has 3 saturated heterocycles. The molecular formula is C26H36N6O4. The van der Waals surface area contributed by atoms with Gasteiger partial charge in [-0.2, -0.15) is 5.10 Å². The monoisotopic (exact) mass is 496 g/mol. The Kier molecular flexibility index (Phi) is 6.40. The van der Waals surface area contributed by atoms with Crippen molar-refractivity contribution in [2.24, 2.45) is 18.4 Å². The van der Waals surface area contributed by atoms with Crippen LogP contribution < -0.4 is 10.2 Å². The molecule has 194 valence electrons. The second-order valence-electron chi connectivity index (χ2n) is 11.2. The predicted octanol–water partition coefficient (Wildman–Crippen LogP) is 2.24. The number of fused-ring (bicyclic) bond motifs is 1. The van der Waals surface area contributed by atoms with Gasteiger partial charge in [-0.15, -0.1) is 0 Å². The number of amides is 3. The Labute approximate surface area is 211 Å². The number of piperazine rings is 1. The van der Waals surface area contributed by atoms with E-state index < -0.39 is 12.0 Å². The van der Waals surface area contributed by atoms with Gasteiger partial charge in [0.2, 0.25) is 11.8 Å². The first kappa shape index (κ1) is 24.5. The van der Waals surface area contributed by atoms with Crippen LogP contribution in [0.1, 0.15) is 44.7 Å². The summed E-state index contributed by atoms with van der Waals surface area (Å²) >= 11 is 0. The molecule has 0 spiro atoms. The third-order valence-corrected chi connectivity index (χ3v) is 8.35. The number of rotatable bonds is 4. The third kappa shape index (κ3) is 4.54. The summed E-state index contributed by atoms with van der Waals surface area (Å²) in [5.41, 5.74) is 2.84. The average molecular weight is 497 g/mol. The van der Waals surface area contributed by atoms with Gasteiger partial charge in [0.1, 0.15) is 0 Å². The molecule has 0 saturated carbocycles. The molecule has 1 aromatic carbocycles. The zero-order chi connectivity index (χ0) is 25.6. The maximum atomic E-state index is 12.5. The number of nitrogens with one attached hydrogen (secondary N) is 1. The number of imide groups is 1. The topological polar surface area (TPSA) is 111 Å². The molecule has 2 N–H and O–H groups in total. The quantitative estimate of drug-likeness (QED) is 0.625. The van der Waals surface area contributed by atoms with E-state index in [1.807, 2.05) is 23.9 Å². The van der Waals surface area contributed by atoms with E-state index in [1.54, 1.807) is 4.90 Å². The van der Waals surface area contributed by atoms with E-state index >= 15 is 0 Å². The van der Waals surface area contributed by atoms with Crippen molar-refractivity contribution >= 4 is 34.5 Å². The van der Waals surface area contributed by atoms with Gasteiger partial charge >= 0.3 is 6.09 Å². The minimum atomic E-state index is -0.819. The lowest BCUT2D eigenvalue weighted by atomic mass is 9.73. The van der Waals surface area contributed by atoms with E-state index in [1.165, 1.54) is 0 Å². The normalized spacial score (nSPS) is 25.3. The van der Waals surface area contributed by atoms with Crippen molar-refractivity contribution in [1.82, 2.24) is 24.9 Å². The summed E-state index contributed by atoms with van der Waals surface area (Å²) in [5.74, 6) is -0.418. The van der Waals surface area contributed by atoms with E-state index in [4.69, 9.17) is 5.10 Å². The lowest BCUT2D eigenvalue weighted by Crippen LogP contribution is -2.53. The molecule has 10 nitrogen and oxygen atoms in total. The largest absolute Gasteiger partial charge is 0.465 e. The highest BCUT2D eigenvalue weighted by molar-refractivity contribution is 6.03. The first-order chi connectivity index (χ1) is 17.1. The second kappa shape index (κ2) is 9.38. The van der Waals surface area contributed by atoms with Gasteiger partial charge in [0, 0.05) is 64.7 Å². The van der Waals surface area contributed by atoms with Crippen LogP contribution in [-0.2, 0) is 16.6 Å². The van der Waals surface area contributed by atoms with Crippen LogP contribution in [0.25, 0.3) is 10.9 Å². The van der Waals surface area contributed by atoms with Crippen molar-refractivity contribution in [2.45, 2.75) is 39.0 Å². The zero-order valence-corrected chi connectivity index (χ0v) is 21.4. The first-order valence-electron chi connectivity index (χ1n) is 12.9.